The Balaban J connectivity index is 2.12. The molecule has 0 spiro atoms. The van der Waals surface area contributed by atoms with Gasteiger partial charge in [0.15, 0.2) is 0 Å². The summed E-state index contributed by atoms with van der Waals surface area (Å²) in [5.74, 6) is -0.547. The van der Waals surface area contributed by atoms with Crippen LogP contribution in [-0.2, 0) is 13.0 Å². The Kier molecular flexibility index (Phi) is 7.30. The first-order valence-corrected chi connectivity index (χ1v) is 10.7. The monoisotopic (exact) mass is 435 g/mol. The van der Waals surface area contributed by atoms with Crippen LogP contribution in [0.2, 0.25) is 0 Å². The maximum atomic E-state index is 13.1. The van der Waals surface area contributed by atoms with Crippen LogP contribution in [0.15, 0.2) is 41.7 Å². The second kappa shape index (κ2) is 10.1. The highest BCUT2D eigenvalue weighted by Gasteiger charge is 2.25. The van der Waals surface area contributed by atoms with E-state index < -0.39 is 5.91 Å². The maximum Gasteiger partial charge on any atom is 0.255 e. The Hall–Kier alpha value is -3.61. The zero-order chi connectivity index (χ0) is 23.3. The van der Waals surface area contributed by atoms with Crippen LogP contribution < -0.4 is 5.32 Å². The topological polar surface area (TPSA) is 108 Å². The number of carbonyl (C=O) groups is 1. The van der Waals surface area contributed by atoms with Gasteiger partial charge in [-0.2, -0.15) is 0 Å². The van der Waals surface area contributed by atoms with E-state index in [0.717, 1.165) is 36.0 Å². The number of phenols is 2. The van der Waals surface area contributed by atoms with Crippen molar-refractivity contribution in [2.24, 2.45) is 0 Å². The minimum absolute atomic E-state index is 0.0321. The third kappa shape index (κ3) is 4.99. The van der Waals surface area contributed by atoms with Crippen molar-refractivity contribution >= 4 is 11.5 Å². The number of phenolic OH excluding ortho intramolecular Hbond substituents is 2. The fourth-order valence-corrected chi connectivity index (χ4v) is 3.74. The summed E-state index contributed by atoms with van der Waals surface area (Å²) >= 11 is 0. The fraction of sp³-hybridized carbons (Fsp3) is 0.320. The Bertz CT molecular complexity index is 1120. The molecule has 168 valence electrons. The van der Waals surface area contributed by atoms with E-state index in [1.54, 1.807) is 6.07 Å². The number of nitrogens with one attached hydrogen (secondary N) is 1. The van der Waals surface area contributed by atoms with Gasteiger partial charge >= 0.3 is 0 Å². The second-order valence-corrected chi connectivity index (χ2v) is 7.96. The summed E-state index contributed by atoms with van der Waals surface area (Å²) in [5.41, 5.74) is 4.10. The Morgan fingerprint density at radius 1 is 1.22 bits per heavy atom. The summed E-state index contributed by atoms with van der Waals surface area (Å²) in [5, 5.41) is 32.3. The highest BCUT2D eigenvalue weighted by Crippen LogP contribution is 2.44. The van der Waals surface area contributed by atoms with Crippen molar-refractivity contribution in [1.29, 1.82) is 0 Å². The number of carbonyl (C=O) groups excluding carboxylic acids is 1. The van der Waals surface area contributed by atoms with Crippen molar-refractivity contribution in [2.45, 2.75) is 53.0 Å². The van der Waals surface area contributed by atoms with Gasteiger partial charge in [0, 0.05) is 0 Å². The molecule has 0 radical (unpaired) electrons. The van der Waals surface area contributed by atoms with Crippen molar-refractivity contribution in [3.05, 3.63) is 65.4 Å². The highest BCUT2D eigenvalue weighted by atomic mass is 16.4. The smallest absolute Gasteiger partial charge is 0.255 e. The Morgan fingerprint density at radius 2 is 2.00 bits per heavy atom. The summed E-state index contributed by atoms with van der Waals surface area (Å²) in [7, 11) is 0. The average Bonchev–Trinajstić information content (AvgIpc) is 3.25. The summed E-state index contributed by atoms with van der Waals surface area (Å²) < 4.78 is 5.08. The van der Waals surface area contributed by atoms with Gasteiger partial charge < -0.3 is 19.9 Å². The standard InChI is InChI=1S/C25H29N3O4/c1-5-6-7-8-17-12-20(29)23(19-11-16(4)9-10-18(19)15(2)3)24(30)22(17)25(31)26-13-21-28-27-14-32-21/h9-12,14,29-30H,2,5-8,13H2,1,3-4H3,(H,26,31). The molecule has 3 N–H and O–H groups in total. The van der Waals surface area contributed by atoms with Crippen LogP contribution in [0.3, 0.4) is 0 Å². The lowest BCUT2D eigenvalue weighted by Crippen LogP contribution is -2.24. The van der Waals surface area contributed by atoms with Crippen LogP contribution >= 0.6 is 0 Å². The molecule has 0 bridgehead atoms. The van der Waals surface area contributed by atoms with E-state index in [1.807, 2.05) is 32.0 Å². The molecule has 0 aliphatic rings. The number of aromatic nitrogens is 2. The van der Waals surface area contributed by atoms with E-state index in [0.29, 0.717) is 17.5 Å². The third-order valence-corrected chi connectivity index (χ3v) is 5.35. The highest BCUT2D eigenvalue weighted by molar-refractivity contribution is 6.02. The number of nitrogens with zero attached hydrogens (tertiary/aromatic N) is 2. The number of allylic oxidation sites excluding steroid dienone is 1. The van der Waals surface area contributed by atoms with Crippen LogP contribution in [0.4, 0.5) is 0 Å². The molecule has 0 saturated carbocycles. The molecular weight excluding hydrogens is 406 g/mol. The van der Waals surface area contributed by atoms with Crippen molar-refractivity contribution < 1.29 is 19.4 Å². The second-order valence-electron chi connectivity index (χ2n) is 7.96. The molecule has 0 unspecified atom stereocenters. The molecule has 0 atom stereocenters. The van der Waals surface area contributed by atoms with Gasteiger partial charge in [-0.1, -0.05) is 55.7 Å². The van der Waals surface area contributed by atoms with E-state index in [4.69, 9.17) is 4.42 Å². The largest absolute Gasteiger partial charge is 0.507 e. The number of unbranched alkanes of at least 4 members (excludes halogenated alkanes) is 2. The van der Waals surface area contributed by atoms with Gasteiger partial charge in [0.25, 0.3) is 5.91 Å². The lowest BCUT2D eigenvalue weighted by atomic mass is 9.89. The molecule has 2 aromatic carbocycles. The Morgan fingerprint density at radius 3 is 2.66 bits per heavy atom. The molecule has 3 rings (SSSR count). The molecular formula is C25H29N3O4. The number of hydrogen-bond acceptors (Lipinski definition) is 6. The lowest BCUT2D eigenvalue weighted by molar-refractivity contribution is 0.0943. The van der Waals surface area contributed by atoms with Gasteiger partial charge in [0.2, 0.25) is 12.3 Å². The van der Waals surface area contributed by atoms with Crippen LogP contribution in [0, 0.1) is 6.92 Å². The van der Waals surface area contributed by atoms with Gasteiger partial charge in [0.1, 0.15) is 11.5 Å². The summed E-state index contributed by atoms with van der Waals surface area (Å²) in [6.07, 6.45) is 4.56. The summed E-state index contributed by atoms with van der Waals surface area (Å²) in [6.45, 7) is 9.93. The Labute approximate surface area is 187 Å². The average molecular weight is 436 g/mol. The van der Waals surface area contributed by atoms with Crippen LogP contribution in [0.5, 0.6) is 11.5 Å². The van der Waals surface area contributed by atoms with E-state index in [9.17, 15) is 15.0 Å². The van der Waals surface area contributed by atoms with Crippen LogP contribution in [-0.4, -0.2) is 26.3 Å². The molecule has 3 aromatic rings. The molecule has 0 aliphatic heterocycles. The normalized spacial score (nSPS) is 10.8. The molecule has 0 fully saturated rings. The number of benzene rings is 2. The van der Waals surface area contributed by atoms with E-state index in [1.165, 1.54) is 6.39 Å². The zero-order valence-corrected chi connectivity index (χ0v) is 18.7. The first kappa shape index (κ1) is 23.1. The minimum Gasteiger partial charge on any atom is -0.507 e. The van der Waals surface area contributed by atoms with Crippen molar-refractivity contribution in [1.82, 2.24) is 15.5 Å². The van der Waals surface area contributed by atoms with Gasteiger partial charge in [0.05, 0.1) is 17.7 Å². The maximum absolute atomic E-state index is 13.1. The number of hydrogen-bond donors (Lipinski definition) is 3. The molecule has 1 heterocycles. The quantitative estimate of drug-likeness (QED) is 0.401. The van der Waals surface area contributed by atoms with Crippen LogP contribution in [0.25, 0.3) is 16.7 Å². The molecule has 7 nitrogen and oxygen atoms in total. The molecule has 1 aromatic heterocycles. The van der Waals surface area contributed by atoms with Crippen molar-refractivity contribution in [3.8, 4) is 22.6 Å². The van der Waals surface area contributed by atoms with Gasteiger partial charge in [-0.3, -0.25) is 4.79 Å². The van der Waals surface area contributed by atoms with Gasteiger partial charge in [-0.05, 0) is 49.4 Å². The minimum atomic E-state index is -0.474. The number of amides is 1. The first-order valence-electron chi connectivity index (χ1n) is 10.7. The first-order chi connectivity index (χ1) is 15.3. The zero-order valence-electron chi connectivity index (χ0n) is 18.7. The van der Waals surface area contributed by atoms with Gasteiger partial charge in [-0.25, -0.2) is 0 Å². The lowest BCUT2D eigenvalue weighted by Gasteiger charge is -2.19. The molecule has 1 amide bonds. The fourth-order valence-electron chi connectivity index (χ4n) is 3.74. The van der Waals surface area contributed by atoms with E-state index in [2.05, 4.69) is 29.0 Å². The molecule has 7 heteroatoms. The summed E-state index contributed by atoms with van der Waals surface area (Å²) in [4.78, 5) is 13.1. The third-order valence-electron chi connectivity index (χ3n) is 5.35. The molecule has 32 heavy (non-hydrogen) atoms. The number of aromatic hydroxyl groups is 2. The van der Waals surface area contributed by atoms with E-state index >= 15 is 0 Å². The molecule has 0 saturated heterocycles. The van der Waals surface area contributed by atoms with Crippen molar-refractivity contribution in [2.75, 3.05) is 0 Å². The number of rotatable bonds is 9. The van der Waals surface area contributed by atoms with Gasteiger partial charge in [-0.15, -0.1) is 10.2 Å². The van der Waals surface area contributed by atoms with Crippen LogP contribution in [0.1, 0.15) is 66.0 Å². The predicted octanol–water partition coefficient (Wildman–Crippen LogP) is 5.15. The van der Waals surface area contributed by atoms with Crippen molar-refractivity contribution in [3.63, 3.8) is 0 Å². The van der Waals surface area contributed by atoms with E-state index in [-0.39, 0.29) is 35.1 Å². The molecule has 0 aliphatic carbocycles. The SMILES string of the molecule is C=C(C)c1ccc(C)cc1-c1c(O)cc(CCCCC)c(C(=O)NCc2nnco2)c1O. The predicted molar refractivity (Wildman–Crippen MR) is 123 cm³/mol. The summed E-state index contributed by atoms with van der Waals surface area (Å²) in [6, 6.07) is 7.29. The number of aryl methyl sites for hydroxylation is 2.